The lowest BCUT2D eigenvalue weighted by Gasteiger charge is -2.24. The number of phenolic OH excluding ortho intramolecular Hbond substituents is 1. The van der Waals surface area contributed by atoms with E-state index in [0.717, 1.165) is 0 Å². The Balaban J connectivity index is 2.29. The molecule has 1 aliphatic rings. The van der Waals surface area contributed by atoms with Crippen LogP contribution in [0.2, 0.25) is 0 Å². The van der Waals surface area contributed by atoms with Crippen molar-refractivity contribution in [2.24, 2.45) is 5.73 Å². The highest BCUT2D eigenvalue weighted by atomic mass is 16.5. The van der Waals surface area contributed by atoms with E-state index in [1.165, 1.54) is 18.1 Å². The maximum atomic E-state index is 12.7. The molecule has 2 atom stereocenters. The van der Waals surface area contributed by atoms with Crippen LogP contribution in [0, 0.1) is 0 Å². The number of likely N-dealkylation sites (N-methyl/N-ethyl adjacent to an activating group) is 1. The van der Waals surface area contributed by atoms with Crippen LogP contribution < -0.4 is 15.8 Å². The number of likely N-dealkylation sites (tertiary alicyclic amines) is 1. The zero-order chi connectivity index (χ0) is 16.3. The molecule has 7 nitrogen and oxygen atoms in total. The Labute approximate surface area is 129 Å². The van der Waals surface area contributed by atoms with Gasteiger partial charge in [0.1, 0.15) is 6.04 Å². The quantitative estimate of drug-likeness (QED) is 0.730. The van der Waals surface area contributed by atoms with Gasteiger partial charge in [-0.15, -0.1) is 0 Å². The van der Waals surface area contributed by atoms with Crippen molar-refractivity contribution in [3.63, 3.8) is 0 Å². The fraction of sp³-hybridized carbons (Fsp3) is 0.467. The predicted molar refractivity (Wildman–Crippen MR) is 80.8 cm³/mol. The molecule has 22 heavy (non-hydrogen) atoms. The van der Waals surface area contributed by atoms with Crippen LogP contribution in [0.3, 0.4) is 0 Å². The summed E-state index contributed by atoms with van der Waals surface area (Å²) in [6, 6.07) is 3.79. The number of benzene rings is 1. The normalized spacial score (nSPS) is 20.8. The predicted octanol–water partition coefficient (Wildman–Crippen LogP) is 0.0787. The minimum absolute atomic E-state index is 0.0998. The van der Waals surface area contributed by atoms with Crippen molar-refractivity contribution < 1.29 is 19.4 Å². The van der Waals surface area contributed by atoms with Gasteiger partial charge in [-0.1, -0.05) is 6.07 Å². The van der Waals surface area contributed by atoms with Crippen LogP contribution in [0.5, 0.6) is 11.5 Å². The largest absolute Gasteiger partial charge is 0.504 e. The number of nitrogens with two attached hydrogens (primary N) is 1. The lowest BCUT2D eigenvalue weighted by molar-refractivity contribution is -0.124. The molecule has 1 aromatic rings. The molecule has 0 spiro atoms. The Morgan fingerprint density at radius 3 is 2.86 bits per heavy atom. The van der Waals surface area contributed by atoms with Crippen molar-refractivity contribution in [3.8, 4) is 11.5 Å². The number of nitrogens with one attached hydrogen (secondary N) is 1. The van der Waals surface area contributed by atoms with Crippen molar-refractivity contribution >= 4 is 11.8 Å². The number of ether oxygens (including phenoxy) is 1. The molecule has 1 fully saturated rings. The number of aromatic hydroxyl groups is 1. The molecule has 2 unspecified atom stereocenters. The van der Waals surface area contributed by atoms with Gasteiger partial charge in [0.05, 0.1) is 12.7 Å². The number of rotatable bonds is 4. The van der Waals surface area contributed by atoms with E-state index in [2.05, 4.69) is 5.32 Å². The Morgan fingerprint density at radius 2 is 2.23 bits per heavy atom. The fourth-order valence-electron chi connectivity index (χ4n) is 2.65. The molecule has 1 heterocycles. The summed E-state index contributed by atoms with van der Waals surface area (Å²) in [6.45, 7) is 2.57. The van der Waals surface area contributed by atoms with Crippen molar-refractivity contribution in [3.05, 3.63) is 23.8 Å². The lowest BCUT2D eigenvalue weighted by atomic mass is 10.1. The summed E-state index contributed by atoms with van der Waals surface area (Å²) in [7, 11) is 1.41. The molecular weight excluding hydrogens is 286 g/mol. The standard InChI is InChI=1S/C15H21N3O4/c1-3-17-14(20)11-7-9(16)8-18(11)15(21)10-5-4-6-12(22-2)13(10)19/h4-6,9,11,19H,3,7-8,16H2,1-2H3,(H,17,20). The van der Waals surface area contributed by atoms with Crippen LogP contribution >= 0.6 is 0 Å². The Bertz CT molecular complexity index is 576. The van der Waals surface area contributed by atoms with E-state index in [-0.39, 0.29) is 35.6 Å². The second-order valence-electron chi connectivity index (χ2n) is 5.22. The maximum Gasteiger partial charge on any atom is 0.258 e. The van der Waals surface area contributed by atoms with Crippen LogP contribution in [0.15, 0.2) is 18.2 Å². The first-order valence-electron chi connectivity index (χ1n) is 7.19. The Morgan fingerprint density at radius 1 is 1.50 bits per heavy atom. The van der Waals surface area contributed by atoms with Gasteiger partial charge in [0, 0.05) is 19.1 Å². The molecule has 2 amide bonds. The fourth-order valence-corrected chi connectivity index (χ4v) is 2.65. The van der Waals surface area contributed by atoms with Crippen molar-refractivity contribution in [2.45, 2.75) is 25.4 Å². The molecule has 0 aliphatic carbocycles. The number of hydrogen-bond acceptors (Lipinski definition) is 5. The number of nitrogens with zero attached hydrogens (tertiary/aromatic N) is 1. The molecule has 1 aliphatic heterocycles. The van der Waals surface area contributed by atoms with E-state index in [1.807, 2.05) is 6.92 Å². The Kier molecular flexibility index (Phi) is 4.87. The molecule has 0 aromatic heterocycles. The first-order chi connectivity index (χ1) is 10.5. The number of phenols is 1. The van der Waals surface area contributed by atoms with Gasteiger partial charge < -0.3 is 25.8 Å². The summed E-state index contributed by atoms with van der Waals surface area (Å²) in [5, 5.41) is 12.8. The molecule has 0 saturated carbocycles. The van der Waals surface area contributed by atoms with Gasteiger partial charge in [-0.2, -0.15) is 0 Å². The van der Waals surface area contributed by atoms with Gasteiger partial charge in [-0.3, -0.25) is 9.59 Å². The lowest BCUT2D eigenvalue weighted by Crippen LogP contribution is -2.46. The summed E-state index contributed by atoms with van der Waals surface area (Å²) < 4.78 is 5.01. The zero-order valence-corrected chi connectivity index (χ0v) is 12.7. The molecule has 0 radical (unpaired) electrons. The second kappa shape index (κ2) is 6.65. The summed E-state index contributed by atoms with van der Waals surface area (Å²) in [5.41, 5.74) is 6.00. The average molecular weight is 307 g/mol. The minimum Gasteiger partial charge on any atom is -0.504 e. The van der Waals surface area contributed by atoms with Crippen LogP contribution in [0.25, 0.3) is 0 Å². The van der Waals surface area contributed by atoms with Gasteiger partial charge in [-0.25, -0.2) is 0 Å². The van der Waals surface area contributed by atoms with Gasteiger partial charge in [0.15, 0.2) is 11.5 Å². The van der Waals surface area contributed by atoms with E-state index in [0.29, 0.717) is 13.0 Å². The van der Waals surface area contributed by atoms with Crippen LogP contribution in [-0.2, 0) is 4.79 Å². The van der Waals surface area contributed by atoms with E-state index in [1.54, 1.807) is 12.1 Å². The highest BCUT2D eigenvalue weighted by Crippen LogP contribution is 2.31. The van der Waals surface area contributed by atoms with Gasteiger partial charge in [-0.05, 0) is 25.5 Å². The van der Waals surface area contributed by atoms with Gasteiger partial charge in [0.2, 0.25) is 5.91 Å². The molecule has 2 rings (SSSR count). The zero-order valence-electron chi connectivity index (χ0n) is 12.7. The second-order valence-corrected chi connectivity index (χ2v) is 5.22. The van der Waals surface area contributed by atoms with E-state index < -0.39 is 11.9 Å². The third kappa shape index (κ3) is 2.99. The SMILES string of the molecule is CCNC(=O)C1CC(N)CN1C(=O)c1cccc(OC)c1O. The van der Waals surface area contributed by atoms with Crippen molar-refractivity contribution in [2.75, 3.05) is 20.2 Å². The highest BCUT2D eigenvalue weighted by molar-refractivity contribution is 6.00. The van der Waals surface area contributed by atoms with Crippen molar-refractivity contribution in [1.29, 1.82) is 0 Å². The summed E-state index contributed by atoms with van der Waals surface area (Å²) in [6.07, 6.45) is 0.405. The maximum absolute atomic E-state index is 12.7. The molecule has 1 saturated heterocycles. The molecule has 7 heteroatoms. The number of carbonyl (C=O) groups excluding carboxylic acids is 2. The van der Waals surface area contributed by atoms with Crippen LogP contribution in [0.4, 0.5) is 0 Å². The van der Waals surface area contributed by atoms with Crippen LogP contribution in [-0.4, -0.2) is 54.1 Å². The minimum atomic E-state index is -0.618. The van der Waals surface area contributed by atoms with E-state index >= 15 is 0 Å². The molecule has 4 N–H and O–H groups in total. The summed E-state index contributed by atoms with van der Waals surface area (Å²) in [4.78, 5) is 26.2. The number of carbonyl (C=O) groups is 2. The van der Waals surface area contributed by atoms with Crippen LogP contribution in [0.1, 0.15) is 23.7 Å². The number of para-hydroxylation sites is 1. The molecule has 1 aromatic carbocycles. The smallest absolute Gasteiger partial charge is 0.258 e. The first-order valence-corrected chi connectivity index (χ1v) is 7.19. The third-order valence-corrected chi connectivity index (χ3v) is 3.70. The number of methoxy groups -OCH3 is 1. The average Bonchev–Trinajstić information content (AvgIpc) is 2.89. The Hall–Kier alpha value is -2.28. The third-order valence-electron chi connectivity index (χ3n) is 3.70. The summed E-state index contributed by atoms with van der Waals surface area (Å²) >= 11 is 0. The number of hydrogen-bond donors (Lipinski definition) is 3. The summed E-state index contributed by atoms with van der Waals surface area (Å²) in [5.74, 6) is -0.680. The first kappa shape index (κ1) is 16.1. The topological polar surface area (TPSA) is 105 Å². The van der Waals surface area contributed by atoms with Gasteiger partial charge in [0.25, 0.3) is 5.91 Å². The monoisotopic (exact) mass is 307 g/mol. The van der Waals surface area contributed by atoms with E-state index in [9.17, 15) is 14.7 Å². The molecule has 0 bridgehead atoms. The van der Waals surface area contributed by atoms with Crippen molar-refractivity contribution in [1.82, 2.24) is 10.2 Å². The van der Waals surface area contributed by atoms with Gasteiger partial charge >= 0.3 is 0 Å². The number of amides is 2. The molecular formula is C15H21N3O4. The van der Waals surface area contributed by atoms with E-state index in [4.69, 9.17) is 10.5 Å². The molecule has 120 valence electrons. The highest BCUT2D eigenvalue weighted by Gasteiger charge is 2.39.